The second-order valence-corrected chi connectivity index (χ2v) is 10.4. The van der Waals surface area contributed by atoms with Gasteiger partial charge in [0.25, 0.3) is 5.91 Å². The minimum atomic E-state index is -0.125. The molecule has 2 amide bonds. The van der Waals surface area contributed by atoms with Gasteiger partial charge >= 0.3 is 0 Å². The molecule has 0 bridgehead atoms. The zero-order valence-electron chi connectivity index (χ0n) is 18.2. The molecule has 0 atom stereocenters. The molecule has 7 nitrogen and oxygen atoms in total. The number of fused-ring (bicyclic) bond motifs is 1. The summed E-state index contributed by atoms with van der Waals surface area (Å²) in [5, 5.41) is 5.62. The van der Waals surface area contributed by atoms with Crippen LogP contribution in [0.15, 0.2) is 40.3 Å². The summed E-state index contributed by atoms with van der Waals surface area (Å²) in [5.41, 5.74) is 1.80. The predicted molar refractivity (Wildman–Crippen MR) is 128 cm³/mol. The van der Waals surface area contributed by atoms with E-state index in [1.165, 1.54) is 22.5 Å². The molecule has 1 aliphatic carbocycles. The topological polar surface area (TPSA) is 82.9 Å². The molecule has 1 N–H and O–H groups in total. The molecule has 0 saturated carbocycles. The van der Waals surface area contributed by atoms with Gasteiger partial charge in [0, 0.05) is 31.1 Å². The summed E-state index contributed by atoms with van der Waals surface area (Å²) in [6, 6.07) is 7.09. The average Bonchev–Trinajstić information content (AvgIpc) is 3.59. The third kappa shape index (κ3) is 4.66. The Bertz CT molecular complexity index is 1140. The van der Waals surface area contributed by atoms with Gasteiger partial charge in [0.2, 0.25) is 11.7 Å². The Labute approximate surface area is 200 Å². The van der Waals surface area contributed by atoms with E-state index in [9.17, 15) is 14.4 Å². The highest BCUT2D eigenvalue weighted by atomic mass is 32.1. The van der Waals surface area contributed by atoms with Gasteiger partial charge in [-0.1, -0.05) is 6.07 Å². The van der Waals surface area contributed by atoms with Gasteiger partial charge in [-0.25, -0.2) is 0 Å². The van der Waals surface area contributed by atoms with Crippen LogP contribution in [-0.4, -0.2) is 60.1 Å². The Morgan fingerprint density at radius 3 is 2.58 bits per heavy atom. The average molecular weight is 484 g/mol. The zero-order valence-corrected chi connectivity index (χ0v) is 19.8. The zero-order chi connectivity index (χ0) is 22.8. The van der Waals surface area contributed by atoms with E-state index in [1.54, 1.807) is 28.4 Å². The van der Waals surface area contributed by atoms with Crippen molar-refractivity contribution in [2.45, 2.75) is 25.7 Å². The highest BCUT2D eigenvalue weighted by Gasteiger charge is 2.29. The van der Waals surface area contributed by atoms with E-state index in [0.29, 0.717) is 47.4 Å². The number of rotatable bonds is 6. The van der Waals surface area contributed by atoms with E-state index in [0.717, 1.165) is 31.2 Å². The van der Waals surface area contributed by atoms with Crippen LogP contribution in [0.25, 0.3) is 0 Å². The van der Waals surface area contributed by atoms with Gasteiger partial charge in [-0.2, -0.15) is 0 Å². The van der Waals surface area contributed by atoms with E-state index in [-0.39, 0.29) is 24.1 Å². The minimum Gasteiger partial charge on any atom is -0.459 e. The van der Waals surface area contributed by atoms with Crippen LogP contribution in [0.4, 0.5) is 5.00 Å². The van der Waals surface area contributed by atoms with Gasteiger partial charge in [-0.05, 0) is 54.8 Å². The summed E-state index contributed by atoms with van der Waals surface area (Å²) in [4.78, 5) is 44.3. The summed E-state index contributed by atoms with van der Waals surface area (Å²) in [5.74, 6) is 0.0974. The smallest absolute Gasteiger partial charge is 0.289 e. The molecule has 172 valence electrons. The SMILES string of the molecule is O=C(CN1CCN(C(=O)c2ccco2)CC1)Nc1sc2c(c1C(=O)c1cccs1)CCCC2. The molecular formula is C24H25N3O4S2. The molecule has 5 rings (SSSR count). The van der Waals surface area contributed by atoms with E-state index in [1.807, 2.05) is 22.4 Å². The van der Waals surface area contributed by atoms with Crippen molar-refractivity contribution in [2.75, 3.05) is 38.0 Å². The van der Waals surface area contributed by atoms with Crippen LogP contribution in [0.1, 0.15) is 49.1 Å². The van der Waals surface area contributed by atoms with Crippen molar-refractivity contribution < 1.29 is 18.8 Å². The highest BCUT2D eigenvalue weighted by Crippen LogP contribution is 2.39. The number of amides is 2. The Morgan fingerprint density at radius 1 is 1.03 bits per heavy atom. The molecule has 9 heteroatoms. The Hall–Kier alpha value is -2.75. The summed E-state index contributed by atoms with van der Waals surface area (Å²) >= 11 is 2.98. The van der Waals surface area contributed by atoms with Crippen LogP contribution in [-0.2, 0) is 17.6 Å². The number of hydrogen-bond acceptors (Lipinski definition) is 7. The largest absolute Gasteiger partial charge is 0.459 e. The number of ketones is 1. The number of piperazine rings is 1. The van der Waals surface area contributed by atoms with E-state index in [2.05, 4.69) is 5.32 Å². The van der Waals surface area contributed by atoms with E-state index >= 15 is 0 Å². The van der Waals surface area contributed by atoms with Crippen LogP contribution >= 0.6 is 22.7 Å². The fourth-order valence-corrected chi connectivity index (χ4v) is 6.43. The van der Waals surface area contributed by atoms with Crippen molar-refractivity contribution in [3.05, 3.63) is 62.6 Å². The summed E-state index contributed by atoms with van der Waals surface area (Å²) in [6.07, 6.45) is 5.54. The number of anilines is 1. The Morgan fingerprint density at radius 2 is 1.85 bits per heavy atom. The second kappa shape index (κ2) is 9.62. The lowest BCUT2D eigenvalue weighted by Crippen LogP contribution is -2.50. The number of hydrogen-bond donors (Lipinski definition) is 1. The van der Waals surface area contributed by atoms with Gasteiger partial charge in [-0.15, -0.1) is 22.7 Å². The summed E-state index contributed by atoms with van der Waals surface area (Å²) in [7, 11) is 0. The Balaban J connectivity index is 1.24. The van der Waals surface area contributed by atoms with E-state index < -0.39 is 0 Å². The van der Waals surface area contributed by atoms with Gasteiger partial charge in [-0.3, -0.25) is 19.3 Å². The number of aryl methyl sites for hydroxylation is 1. The van der Waals surface area contributed by atoms with Gasteiger partial charge in [0.1, 0.15) is 5.00 Å². The molecule has 0 spiro atoms. The van der Waals surface area contributed by atoms with Crippen molar-refractivity contribution in [1.29, 1.82) is 0 Å². The van der Waals surface area contributed by atoms with Crippen LogP contribution in [0.5, 0.6) is 0 Å². The number of nitrogens with one attached hydrogen (secondary N) is 1. The molecule has 0 aromatic carbocycles. The maximum absolute atomic E-state index is 13.2. The lowest BCUT2D eigenvalue weighted by Gasteiger charge is -2.33. The van der Waals surface area contributed by atoms with Crippen LogP contribution in [0.2, 0.25) is 0 Å². The van der Waals surface area contributed by atoms with Gasteiger partial charge in [0.15, 0.2) is 5.76 Å². The van der Waals surface area contributed by atoms with Crippen molar-refractivity contribution in [3.8, 4) is 0 Å². The highest BCUT2D eigenvalue weighted by molar-refractivity contribution is 7.17. The molecule has 33 heavy (non-hydrogen) atoms. The summed E-state index contributed by atoms with van der Waals surface area (Å²) < 4.78 is 5.20. The van der Waals surface area contributed by atoms with Crippen molar-refractivity contribution >= 4 is 45.3 Å². The van der Waals surface area contributed by atoms with Crippen LogP contribution < -0.4 is 5.32 Å². The molecule has 2 aliphatic rings. The lowest BCUT2D eigenvalue weighted by molar-refractivity contribution is -0.117. The molecule has 1 fully saturated rings. The molecule has 3 aromatic rings. The summed E-state index contributed by atoms with van der Waals surface area (Å²) in [6.45, 7) is 2.55. The predicted octanol–water partition coefficient (Wildman–Crippen LogP) is 3.91. The third-order valence-electron chi connectivity index (χ3n) is 6.15. The number of nitrogens with zero attached hydrogens (tertiary/aromatic N) is 2. The minimum absolute atomic E-state index is 0.00440. The lowest BCUT2D eigenvalue weighted by atomic mass is 9.93. The molecule has 1 aliphatic heterocycles. The molecular weight excluding hydrogens is 458 g/mol. The maximum Gasteiger partial charge on any atom is 0.289 e. The second-order valence-electron chi connectivity index (χ2n) is 8.32. The van der Waals surface area contributed by atoms with Crippen molar-refractivity contribution in [2.24, 2.45) is 0 Å². The quantitative estimate of drug-likeness (QED) is 0.538. The molecule has 3 aromatic heterocycles. The number of thiophene rings is 2. The van der Waals surface area contributed by atoms with Gasteiger partial charge in [0.05, 0.1) is 23.2 Å². The molecule has 4 heterocycles. The number of furan rings is 1. The first kappa shape index (κ1) is 22.1. The van der Waals surface area contributed by atoms with Crippen LogP contribution in [0.3, 0.4) is 0 Å². The van der Waals surface area contributed by atoms with Crippen molar-refractivity contribution in [3.63, 3.8) is 0 Å². The first-order valence-electron chi connectivity index (χ1n) is 11.2. The fraction of sp³-hybridized carbons (Fsp3) is 0.375. The monoisotopic (exact) mass is 483 g/mol. The normalized spacial score (nSPS) is 16.4. The molecule has 0 unspecified atom stereocenters. The first-order valence-corrected chi connectivity index (χ1v) is 12.9. The van der Waals surface area contributed by atoms with Crippen LogP contribution in [0, 0.1) is 0 Å². The first-order chi connectivity index (χ1) is 16.1. The van der Waals surface area contributed by atoms with Gasteiger partial charge < -0.3 is 14.6 Å². The fourth-order valence-electron chi connectivity index (χ4n) is 4.46. The standard InChI is InChI=1S/C24H25N3O4S2/c28-20(15-26-9-11-27(12-10-26)24(30)17-6-3-13-31-17)25-23-21(22(29)19-8-4-14-32-19)16-5-1-2-7-18(16)33-23/h3-4,6,8,13-14H,1-2,5,7,9-12,15H2,(H,25,28). The Kier molecular flexibility index (Phi) is 6.43. The maximum atomic E-state index is 13.2. The third-order valence-corrected chi connectivity index (χ3v) is 8.23. The number of carbonyl (C=O) groups excluding carboxylic acids is 3. The molecule has 1 saturated heterocycles. The molecule has 0 radical (unpaired) electrons. The van der Waals surface area contributed by atoms with E-state index in [4.69, 9.17) is 4.42 Å². The van der Waals surface area contributed by atoms with Crippen molar-refractivity contribution in [1.82, 2.24) is 9.80 Å². The number of carbonyl (C=O) groups is 3.